The molecule has 0 saturated heterocycles. The molecule has 5 rings (SSSR count). The predicted octanol–water partition coefficient (Wildman–Crippen LogP) is 6.36. The van der Waals surface area contributed by atoms with Gasteiger partial charge >= 0.3 is 0 Å². The van der Waals surface area contributed by atoms with Crippen LogP contribution in [0.2, 0.25) is 0 Å². The number of carbonyl (C=O) groups is 2. The zero-order chi connectivity index (χ0) is 27.6. The number of fused-ring (bicyclic) bond motifs is 1. The third-order valence-electron chi connectivity index (χ3n) is 6.36. The summed E-state index contributed by atoms with van der Waals surface area (Å²) in [5.74, 6) is -0.126. The van der Waals surface area contributed by atoms with Crippen molar-refractivity contribution in [2.45, 2.75) is 26.2 Å². The molecule has 194 valence electrons. The fourth-order valence-electron chi connectivity index (χ4n) is 4.15. The predicted molar refractivity (Wildman–Crippen MR) is 154 cm³/mol. The van der Waals surface area contributed by atoms with Crippen LogP contribution in [0.25, 0.3) is 33.3 Å². The van der Waals surface area contributed by atoms with Gasteiger partial charge in [-0.3, -0.25) is 14.6 Å². The second kappa shape index (κ2) is 10.3. The zero-order valence-corrected chi connectivity index (χ0v) is 21.9. The summed E-state index contributed by atoms with van der Waals surface area (Å²) in [5, 5.41) is 6.50. The zero-order valence-electron chi connectivity index (χ0n) is 21.9. The number of aromatic nitrogens is 4. The van der Waals surface area contributed by atoms with Crippen LogP contribution in [-0.2, 0) is 10.2 Å². The van der Waals surface area contributed by atoms with Crippen molar-refractivity contribution in [2.24, 2.45) is 0 Å². The molecule has 0 atom stereocenters. The van der Waals surface area contributed by atoms with Gasteiger partial charge in [0.2, 0.25) is 5.91 Å². The van der Waals surface area contributed by atoms with E-state index in [-0.39, 0.29) is 22.9 Å². The molecule has 0 bridgehead atoms. The molecule has 8 nitrogen and oxygen atoms in total. The number of nitrogens with zero attached hydrogens (tertiary/aromatic N) is 3. The maximum atomic E-state index is 12.8. The summed E-state index contributed by atoms with van der Waals surface area (Å²) in [6, 6.07) is 16.9. The van der Waals surface area contributed by atoms with Crippen LogP contribution in [0.1, 0.15) is 36.8 Å². The van der Waals surface area contributed by atoms with E-state index in [1.807, 2.05) is 48.7 Å². The molecule has 0 fully saturated rings. The van der Waals surface area contributed by atoms with Gasteiger partial charge in [0.05, 0.1) is 0 Å². The molecule has 0 aliphatic heterocycles. The quantitative estimate of drug-likeness (QED) is 0.227. The Bertz CT molecular complexity index is 1680. The van der Waals surface area contributed by atoms with Crippen LogP contribution in [0.5, 0.6) is 0 Å². The molecule has 0 unspecified atom stereocenters. The number of amides is 2. The van der Waals surface area contributed by atoms with Crippen LogP contribution in [0.4, 0.5) is 11.5 Å². The molecule has 0 saturated carbocycles. The van der Waals surface area contributed by atoms with Gasteiger partial charge < -0.3 is 15.6 Å². The smallest absolute Gasteiger partial charge is 0.275 e. The fourth-order valence-corrected chi connectivity index (χ4v) is 4.15. The summed E-state index contributed by atoms with van der Waals surface area (Å²) in [7, 11) is 0. The molecule has 0 spiro atoms. The Balaban J connectivity index is 1.36. The summed E-state index contributed by atoms with van der Waals surface area (Å²) in [5.41, 5.74) is 6.33. The van der Waals surface area contributed by atoms with E-state index in [0.29, 0.717) is 11.5 Å². The van der Waals surface area contributed by atoms with Crippen LogP contribution in [0.15, 0.2) is 92.0 Å². The SMILES string of the molecule is C=CC(=O)Nc1cccc(-c2cnc3[nH]cc(-c4ccc(C(=O)Nc5ccc(C(C)(C)C)cn5)nc4)c3c2)c1. The molecule has 39 heavy (non-hydrogen) atoms. The van der Waals surface area contributed by atoms with Crippen LogP contribution < -0.4 is 10.6 Å². The molecular weight excluding hydrogens is 488 g/mol. The van der Waals surface area contributed by atoms with Crippen molar-refractivity contribution in [3.05, 3.63) is 103 Å². The van der Waals surface area contributed by atoms with Gasteiger partial charge in [0.1, 0.15) is 17.2 Å². The minimum Gasteiger partial charge on any atom is -0.346 e. The lowest BCUT2D eigenvalue weighted by molar-refractivity contribution is -0.111. The monoisotopic (exact) mass is 516 g/mol. The first-order chi connectivity index (χ1) is 18.7. The van der Waals surface area contributed by atoms with Gasteiger partial charge in [-0.1, -0.05) is 51.6 Å². The van der Waals surface area contributed by atoms with Crippen LogP contribution >= 0.6 is 0 Å². The number of carbonyl (C=O) groups excluding carboxylic acids is 2. The Morgan fingerprint density at radius 1 is 0.872 bits per heavy atom. The molecule has 0 aliphatic rings. The molecule has 0 radical (unpaired) electrons. The summed E-state index contributed by atoms with van der Waals surface area (Å²) in [4.78, 5) is 41.0. The summed E-state index contributed by atoms with van der Waals surface area (Å²) < 4.78 is 0. The topological polar surface area (TPSA) is 113 Å². The molecule has 8 heteroatoms. The Morgan fingerprint density at radius 3 is 2.38 bits per heavy atom. The number of hydrogen-bond acceptors (Lipinski definition) is 5. The molecular formula is C31H28N6O2. The first kappa shape index (κ1) is 25.5. The van der Waals surface area contributed by atoms with Crippen molar-refractivity contribution in [2.75, 3.05) is 10.6 Å². The van der Waals surface area contributed by atoms with Gasteiger partial charge in [-0.15, -0.1) is 0 Å². The highest BCUT2D eigenvalue weighted by atomic mass is 16.2. The minimum atomic E-state index is -0.330. The van der Waals surface area contributed by atoms with Crippen molar-refractivity contribution in [3.8, 4) is 22.3 Å². The van der Waals surface area contributed by atoms with Crippen LogP contribution in [0.3, 0.4) is 0 Å². The highest BCUT2D eigenvalue weighted by Gasteiger charge is 2.15. The lowest BCUT2D eigenvalue weighted by Crippen LogP contribution is -2.16. The summed E-state index contributed by atoms with van der Waals surface area (Å²) in [6.07, 6.45) is 8.34. The van der Waals surface area contributed by atoms with Crippen molar-refractivity contribution in [1.82, 2.24) is 19.9 Å². The van der Waals surface area contributed by atoms with Gasteiger partial charge in [0.15, 0.2) is 0 Å². The lowest BCUT2D eigenvalue weighted by Gasteiger charge is -2.18. The number of nitrogens with one attached hydrogen (secondary N) is 3. The third-order valence-corrected chi connectivity index (χ3v) is 6.36. The molecule has 2 amide bonds. The average Bonchev–Trinajstić information content (AvgIpc) is 3.36. The van der Waals surface area contributed by atoms with Crippen LogP contribution in [0, 0.1) is 0 Å². The normalized spacial score (nSPS) is 11.3. The van der Waals surface area contributed by atoms with Gasteiger partial charge in [-0.25, -0.2) is 9.97 Å². The Morgan fingerprint density at radius 2 is 1.69 bits per heavy atom. The molecule has 3 N–H and O–H groups in total. The second-order valence-electron chi connectivity index (χ2n) is 10.2. The van der Waals surface area contributed by atoms with Gasteiger partial charge in [-0.05, 0) is 52.9 Å². The number of hydrogen-bond donors (Lipinski definition) is 3. The number of benzene rings is 1. The number of rotatable bonds is 6. The Kier molecular flexibility index (Phi) is 6.77. The lowest BCUT2D eigenvalue weighted by atomic mass is 9.88. The van der Waals surface area contributed by atoms with Crippen molar-refractivity contribution >= 4 is 34.4 Å². The third kappa shape index (κ3) is 5.60. The van der Waals surface area contributed by atoms with Gasteiger partial charge in [0, 0.05) is 52.6 Å². The number of pyridine rings is 3. The standard InChI is InChI=1S/C31H28N6O2/c1-5-28(38)36-23-8-6-7-19(13-23)21-14-24-25(18-35-29(24)34-16-21)20-9-11-26(32-15-20)30(39)37-27-12-10-22(17-33-27)31(2,3)4/h5-18H,1H2,2-4H3,(H,34,35)(H,36,38)(H,33,37,39). The fraction of sp³-hybridized carbons (Fsp3) is 0.129. The van der Waals surface area contributed by atoms with Crippen molar-refractivity contribution in [3.63, 3.8) is 0 Å². The molecule has 5 aromatic rings. The maximum absolute atomic E-state index is 12.8. The maximum Gasteiger partial charge on any atom is 0.275 e. The number of anilines is 2. The highest BCUT2D eigenvalue weighted by molar-refractivity contribution is 6.03. The number of aromatic amines is 1. The van der Waals surface area contributed by atoms with E-state index in [4.69, 9.17) is 0 Å². The first-order valence-corrected chi connectivity index (χ1v) is 12.5. The largest absolute Gasteiger partial charge is 0.346 e. The van der Waals surface area contributed by atoms with Gasteiger partial charge in [0.25, 0.3) is 5.91 Å². The summed E-state index contributed by atoms with van der Waals surface area (Å²) >= 11 is 0. The van der Waals surface area contributed by atoms with Crippen molar-refractivity contribution < 1.29 is 9.59 Å². The van der Waals surface area contributed by atoms with Crippen molar-refractivity contribution in [1.29, 1.82) is 0 Å². The van der Waals surface area contributed by atoms with E-state index in [0.717, 1.165) is 38.9 Å². The van der Waals surface area contributed by atoms with E-state index in [2.05, 4.69) is 57.9 Å². The number of H-pyrrole nitrogens is 1. The molecule has 0 aliphatic carbocycles. The van der Waals surface area contributed by atoms with E-state index < -0.39 is 0 Å². The van der Waals surface area contributed by atoms with E-state index >= 15 is 0 Å². The van der Waals surface area contributed by atoms with Crippen LogP contribution in [-0.4, -0.2) is 31.8 Å². The average molecular weight is 517 g/mol. The first-order valence-electron chi connectivity index (χ1n) is 12.5. The van der Waals surface area contributed by atoms with E-state index in [1.165, 1.54) is 6.08 Å². The summed E-state index contributed by atoms with van der Waals surface area (Å²) in [6.45, 7) is 9.83. The second-order valence-corrected chi connectivity index (χ2v) is 10.2. The molecule has 4 heterocycles. The van der Waals surface area contributed by atoms with E-state index in [9.17, 15) is 9.59 Å². The van der Waals surface area contributed by atoms with E-state index in [1.54, 1.807) is 30.7 Å². The highest BCUT2D eigenvalue weighted by Crippen LogP contribution is 2.31. The van der Waals surface area contributed by atoms with Gasteiger partial charge in [-0.2, -0.15) is 0 Å². The molecule has 4 aromatic heterocycles. The molecule has 1 aromatic carbocycles. The Labute approximate surface area is 226 Å². The Hall–Kier alpha value is -5.11. The minimum absolute atomic E-state index is 0.0152.